The van der Waals surface area contributed by atoms with Gasteiger partial charge in [-0.05, 0) is 29.6 Å². The number of carboxylic acids is 1. The van der Waals surface area contributed by atoms with Crippen molar-refractivity contribution in [2.75, 3.05) is 0 Å². The van der Waals surface area contributed by atoms with Crippen molar-refractivity contribution in [1.29, 1.82) is 0 Å². The van der Waals surface area contributed by atoms with Crippen LogP contribution in [-0.4, -0.2) is 16.2 Å². The van der Waals surface area contributed by atoms with E-state index in [1.54, 1.807) is 36.4 Å². The van der Waals surface area contributed by atoms with E-state index in [1.165, 1.54) is 11.3 Å². The molecule has 5 heteroatoms. The van der Waals surface area contributed by atoms with Gasteiger partial charge in [-0.2, -0.15) is 0 Å². The van der Waals surface area contributed by atoms with E-state index in [2.05, 4.69) is 0 Å². The Balaban J connectivity index is 1.95. The van der Waals surface area contributed by atoms with Crippen LogP contribution in [0.1, 0.15) is 15.9 Å². The van der Waals surface area contributed by atoms with Gasteiger partial charge >= 0.3 is 5.97 Å². The van der Waals surface area contributed by atoms with Gasteiger partial charge in [0.25, 0.3) is 0 Å². The van der Waals surface area contributed by atoms with Gasteiger partial charge in [0.15, 0.2) is 11.5 Å². The Morgan fingerprint density at radius 2 is 1.95 bits per heavy atom. The van der Waals surface area contributed by atoms with Crippen LogP contribution in [0.5, 0.6) is 11.5 Å². The fourth-order valence-electron chi connectivity index (χ4n) is 2.17. The average molecular weight is 300 g/mol. The molecule has 2 N–H and O–H groups in total. The number of thiophene rings is 1. The minimum Gasteiger partial charge on any atom is -0.504 e. The fraction of sp³-hybridized carbons (Fsp3) is 0.0625. The van der Waals surface area contributed by atoms with E-state index in [4.69, 9.17) is 4.74 Å². The van der Waals surface area contributed by atoms with E-state index < -0.39 is 5.97 Å². The first-order chi connectivity index (χ1) is 10.2. The molecule has 0 fully saturated rings. The molecule has 1 aromatic heterocycles. The van der Waals surface area contributed by atoms with E-state index in [-0.39, 0.29) is 17.9 Å². The van der Waals surface area contributed by atoms with Crippen LogP contribution in [0, 0.1) is 0 Å². The molecule has 0 spiro atoms. The van der Waals surface area contributed by atoms with Crippen LogP contribution in [0.15, 0.2) is 47.8 Å². The molecule has 0 saturated carbocycles. The number of carboxylic acid groups (broad SMARTS) is 1. The molecule has 0 aliphatic rings. The van der Waals surface area contributed by atoms with Crippen molar-refractivity contribution in [3.8, 4) is 11.5 Å². The highest BCUT2D eigenvalue weighted by Gasteiger charge is 2.14. The summed E-state index contributed by atoms with van der Waals surface area (Å²) in [5, 5.41) is 21.5. The Bertz CT molecular complexity index is 807. The highest BCUT2D eigenvalue weighted by atomic mass is 32.1. The molecule has 2 aromatic carbocycles. The van der Waals surface area contributed by atoms with Gasteiger partial charge in [-0.15, -0.1) is 11.3 Å². The standard InChI is InChI=1S/C16H12O4S/c17-12-5-1-2-6-13(12)20-8-10-9-21-14-7-3-4-11(15(10)14)16(18)19/h1-7,9,17H,8H2,(H,18,19). The van der Waals surface area contributed by atoms with E-state index in [1.807, 2.05) is 11.4 Å². The lowest BCUT2D eigenvalue weighted by molar-refractivity contribution is 0.0699. The summed E-state index contributed by atoms with van der Waals surface area (Å²) in [4.78, 5) is 11.3. The zero-order valence-corrected chi connectivity index (χ0v) is 11.8. The number of carbonyl (C=O) groups is 1. The van der Waals surface area contributed by atoms with Gasteiger partial charge in [0, 0.05) is 15.6 Å². The van der Waals surface area contributed by atoms with Gasteiger partial charge in [0.1, 0.15) is 6.61 Å². The summed E-state index contributed by atoms with van der Waals surface area (Å²) in [6.45, 7) is 0.210. The van der Waals surface area contributed by atoms with Crippen LogP contribution in [0.25, 0.3) is 10.1 Å². The average Bonchev–Trinajstić information content (AvgIpc) is 2.89. The molecule has 3 aromatic rings. The van der Waals surface area contributed by atoms with Gasteiger partial charge in [-0.1, -0.05) is 18.2 Å². The molecule has 0 bridgehead atoms. The van der Waals surface area contributed by atoms with E-state index in [9.17, 15) is 15.0 Å². The van der Waals surface area contributed by atoms with Crippen LogP contribution in [-0.2, 0) is 6.61 Å². The van der Waals surface area contributed by atoms with Crippen molar-refractivity contribution in [2.24, 2.45) is 0 Å². The second-order valence-electron chi connectivity index (χ2n) is 4.50. The number of fused-ring (bicyclic) bond motifs is 1. The molecule has 1 heterocycles. The molecule has 0 radical (unpaired) electrons. The first-order valence-electron chi connectivity index (χ1n) is 6.30. The molecule has 3 rings (SSSR count). The summed E-state index contributed by atoms with van der Waals surface area (Å²) < 4.78 is 6.50. The lowest BCUT2D eigenvalue weighted by Crippen LogP contribution is -2.00. The fourth-order valence-corrected chi connectivity index (χ4v) is 3.14. The first-order valence-corrected chi connectivity index (χ1v) is 7.18. The number of hydrogen-bond acceptors (Lipinski definition) is 4. The summed E-state index contributed by atoms with van der Waals surface area (Å²) in [6.07, 6.45) is 0. The molecule has 4 nitrogen and oxygen atoms in total. The topological polar surface area (TPSA) is 66.8 Å². The highest BCUT2D eigenvalue weighted by molar-refractivity contribution is 7.17. The number of benzene rings is 2. The Morgan fingerprint density at radius 3 is 2.71 bits per heavy atom. The van der Waals surface area contributed by atoms with Gasteiger partial charge in [-0.25, -0.2) is 4.79 Å². The number of aromatic carboxylic acids is 1. The Morgan fingerprint density at radius 1 is 1.14 bits per heavy atom. The number of rotatable bonds is 4. The van der Waals surface area contributed by atoms with Crippen LogP contribution < -0.4 is 4.74 Å². The molecule has 0 aliphatic carbocycles. The predicted molar refractivity (Wildman–Crippen MR) is 81.2 cm³/mol. The normalized spacial score (nSPS) is 10.7. The lowest BCUT2D eigenvalue weighted by Gasteiger charge is -2.08. The SMILES string of the molecule is O=C(O)c1cccc2scc(COc3ccccc3O)c12. The van der Waals surface area contributed by atoms with Crippen molar-refractivity contribution >= 4 is 27.4 Å². The predicted octanol–water partition coefficient (Wildman–Crippen LogP) is 3.88. The number of aromatic hydroxyl groups is 1. The van der Waals surface area contributed by atoms with Crippen LogP contribution in [0.2, 0.25) is 0 Å². The summed E-state index contributed by atoms with van der Waals surface area (Å²) >= 11 is 1.48. The largest absolute Gasteiger partial charge is 0.504 e. The van der Waals surface area contributed by atoms with Crippen molar-refractivity contribution in [3.63, 3.8) is 0 Å². The number of hydrogen-bond donors (Lipinski definition) is 2. The summed E-state index contributed by atoms with van der Waals surface area (Å²) in [5.41, 5.74) is 1.07. The van der Waals surface area contributed by atoms with Crippen molar-refractivity contribution in [3.05, 3.63) is 59.0 Å². The molecule has 0 atom stereocenters. The Labute approximate surface area is 124 Å². The second kappa shape index (κ2) is 5.46. The number of ether oxygens (including phenoxy) is 1. The molecular formula is C16H12O4S. The molecule has 106 valence electrons. The zero-order chi connectivity index (χ0) is 14.8. The lowest BCUT2D eigenvalue weighted by atomic mass is 10.1. The molecule has 21 heavy (non-hydrogen) atoms. The maximum atomic E-state index is 11.3. The minimum absolute atomic E-state index is 0.0653. The van der Waals surface area contributed by atoms with Crippen molar-refractivity contribution < 1.29 is 19.7 Å². The molecular weight excluding hydrogens is 288 g/mol. The second-order valence-corrected chi connectivity index (χ2v) is 5.41. The van der Waals surface area contributed by atoms with Crippen LogP contribution in [0.3, 0.4) is 0 Å². The minimum atomic E-state index is -0.956. The van der Waals surface area contributed by atoms with Gasteiger partial charge in [-0.3, -0.25) is 0 Å². The molecule has 0 aliphatic heterocycles. The van der Waals surface area contributed by atoms with E-state index >= 15 is 0 Å². The Hall–Kier alpha value is -2.53. The maximum absolute atomic E-state index is 11.3. The third kappa shape index (κ3) is 2.55. The summed E-state index contributed by atoms with van der Waals surface area (Å²) in [5.74, 6) is -0.511. The quantitative estimate of drug-likeness (QED) is 0.767. The molecule has 0 unspecified atom stereocenters. The van der Waals surface area contributed by atoms with E-state index in [0.29, 0.717) is 11.1 Å². The number of phenols is 1. The first kappa shape index (κ1) is 13.5. The third-order valence-electron chi connectivity index (χ3n) is 3.15. The van der Waals surface area contributed by atoms with Crippen LogP contribution >= 0.6 is 11.3 Å². The summed E-state index contributed by atoms with van der Waals surface area (Å²) in [6, 6.07) is 11.9. The zero-order valence-electron chi connectivity index (χ0n) is 10.9. The molecule has 0 amide bonds. The smallest absolute Gasteiger partial charge is 0.336 e. The number of para-hydroxylation sites is 2. The van der Waals surface area contributed by atoms with E-state index in [0.717, 1.165) is 10.3 Å². The van der Waals surface area contributed by atoms with Crippen LogP contribution in [0.4, 0.5) is 0 Å². The maximum Gasteiger partial charge on any atom is 0.336 e. The van der Waals surface area contributed by atoms with Gasteiger partial charge in [0.2, 0.25) is 0 Å². The van der Waals surface area contributed by atoms with Gasteiger partial charge in [0.05, 0.1) is 5.56 Å². The number of phenolic OH excluding ortho intramolecular Hbond substituents is 1. The Kier molecular flexibility index (Phi) is 3.50. The monoisotopic (exact) mass is 300 g/mol. The molecule has 0 saturated heterocycles. The van der Waals surface area contributed by atoms with Crippen molar-refractivity contribution in [2.45, 2.75) is 6.61 Å². The third-order valence-corrected chi connectivity index (χ3v) is 4.15. The highest BCUT2D eigenvalue weighted by Crippen LogP contribution is 2.31. The van der Waals surface area contributed by atoms with Crippen molar-refractivity contribution in [1.82, 2.24) is 0 Å². The van der Waals surface area contributed by atoms with Gasteiger partial charge < -0.3 is 14.9 Å². The summed E-state index contributed by atoms with van der Waals surface area (Å²) in [7, 11) is 0.